The van der Waals surface area contributed by atoms with Crippen LogP contribution in [0.25, 0.3) is 0 Å². The lowest BCUT2D eigenvalue weighted by atomic mass is 9.83. The summed E-state index contributed by atoms with van der Waals surface area (Å²) in [6.07, 6.45) is 4.76. The van der Waals surface area contributed by atoms with Crippen LogP contribution < -0.4 is 5.73 Å². The van der Waals surface area contributed by atoms with Crippen LogP contribution >= 0.6 is 0 Å². The van der Waals surface area contributed by atoms with Crippen LogP contribution in [0.3, 0.4) is 0 Å². The first kappa shape index (κ1) is 9.58. The number of carbonyl (C=O) groups excluding carboxylic acids is 1. The van der Waals surface area contributed by atoms with Crippen molar-refractivity contribution in [2.24, 2.45) is 10.7 Å². The van der Waals surface area contributed by atoms with Gasteiger partial charge in [-0.3, -0.25) is 9.79 Å². The maximum absolute atomic E-state index is 11.1. The lowest BCUT2D eigenvalue weighted by molar-refractivity contribution is 0.1000. The third-order valence-electron chi connectivity index (χ3n) is 3.53. The number of fused-ring (bicyclic) bond motifs is 3. The molecule has 1 aliphatic carbocycles. The molecule has 1 unspecified atom stereocenters. The summed E-state index contributed by atoms with van der Waals surface area (Å²) >= 11 is 0. The van der Waals surface area contributed by atoms with Gasteiger partial charge in [-0.1, -0.05) is 6.42 Å². The summed E-state index contributed by atoms with van der Waals surface area (Å²) < 4.78 is 0. The zero-order valence-corrected chi connectivity index (χ0v) is 9.07. The summed E-state index contributed by atoms with van der Waals surface area (Å²) in [6.45, 7) is 0. The number of carbonyl (C=O) groups is 1. The van der Waals surface area contributed by atoms with Crippen molar-refractivity contribution in [3.05, 3.63) is 29.3 Å². The van der Waals surface area contributed by atoms with Crippen molar-refractivity contribution in [3.8, 4) is 0 Å². The second-order valence-corrected chi connectivity index (χ2v) is 4.54. The van der Waals surface area contributed by atoms with Crippen molar-refractivity contribution < 1.29 is 4.79 Å². The predicted octanol–water partition coefficient (Wildman–Crippen LogP) is 2.53. The van der Waals surface area contributed by atoms with Gasteiger partial charge in [0.05, 0.1) is 5.69 Å². The first-order valence-electron chi connectivity index (χ1n) is 5.77. The highest BCUT2D eigenvalue weighted by molar-refractivity contribution is 6.00. The van der Waals surface area contributed by atoms with E-state index in [0.717, 1.165) is 18.5 Å². The summed E-state index contributed by atoms with van der Waals surface area (Å²) in [6, 6.07) is 5.60. The van der Waals surface area contributed by atoms with Crippen molar-refractivity contribution >= 4 is 17.3 Å². The molecule has 0 spiro atoms. The molecule has 1 saturated carbocycles. The third kappa shape index (κ3) is 1.35. The minimum absolute atomic E-state index is 0.355. The Morgan fingerprint density at radius 3 is 3.06 bits per heavy atom. The van der Waals surface area contributed by atoms with Gasteiger partial charge in [0, 0.05) is 17.2 Å². The summed E-state index contributed by atoms with van der Waals surface area (Å²) in [5.41, 5.74) is 9.43. The van der Waals surface area contributed by atoms with E-state index < -0.39 is 0 Å². The second-order valence-electron chi connectivity index (χ2n) is 4.54. The highest BCUT2D eigenvalue weighted by atomic mass is 16.1. The van der Waals surface area contributed by atoms with Gasteiger partial charge in [0.25, 0.3) is 0 Å². The number of hydrogen-bond acceptors (Lipinski definition) is 2. The van der Waals surface area contributed by atoms with Crippen LogP contribution in [0.4, 0.5) is 5.69 Å². The van der Waals surface area contributed by atoms with Gasteiger partial charge in [0.1, 0.15) is 0 Å². The van der Waals surface area contributed by atoms with Gasteiger partial charge in [0.2, 0.25) is 5.91 Å². The molecule has 3 heteroatoms. The van der Waals surface area contributed by atoms with Crippen molar-refractivity contribution in [3.63, 3.8) is 0 Å². The molecule has 2 N–H and O–H groups in total. The number of nitrogens with two attached hydrogens (primary N) is 1. The maximum Gasteiger partial charge on any atom is 0.248 e. The number of amides is 1. The van der Waals surface area contributed by atoms with Gasteiger partial charge in [-0.25, -0.2) is 0 Å². The molecule has 0 saturated heterocycles. The molecule has 0 bridgehead atoms. The van der Waals surface area contributed by atoms with E-state index in [1.165, 1.54) is 24.1 Å². The Balaban J connectivity index is 2.05. The minimum Gasteiger partial charge on any atom is -0.366 e. The second kappa shape index (κ2) is 3.44. The van der Waals surface area contributed by atoms with E-state index in [4.69, 9.17) is 5.73 Å². The molecule has 2 aliphatic rings. The summed E-state index contributed by atoms with van der Waals surface area (Å²) in [5.74, 6) is 0.0927. The van der Waals surface area contributed by atoms with Crippen LogP contribution in [-0.2, 0) is 0 Å². The smallest absolute Gasteiger partial charge is 0.248 e. The van der Waals surface area contributed by atoms with Crippen LogP contribution in [0.5, 0.6) is 0 Å². The fourth-order valence-electron chi connectivity index (χ4n) is 2.71. The fourth-order valence-corrected chi connectivity index (χ4v) is 2.71. The van der Waals surface area contributed by atoms with Gasteiger partial charge in [0.15, 0.2) is 0 Å². The first-order chi connectivity index (χ1) is 7.75. The lowest BCUT2D eigenvalue weighted by Gasteiger charge is -2.19. The van der Waals surface area contributed by atoms with Crippen LogP contribution in [0.15, 0.2) is 23.2 Å². The molecule has 16 heavy (non-hydrogen) atoms. The molecule has 1 aromatic carbocycles. The first-order valence-corrected chi connectivity index (χ1v) is 5.77. The zero-order valence-electron chi connectivity index (χ0n) is 9.07. The molecule has 1 aromatic rings. The van der Waals surface area contributed by atoms with E-state index in [1.807, 2.05) is 12.1 Å². The van der Waals surface area contributed by atoms with Gasteiger partial charge in [-0.05, 0) is 43.0 Å². The summed E-state index contributed by atoms with van der Waals surface area (Å²) in [7, 11) is 0. The molecule has 3 rings (SSSR count). The standard InChI is InChI=1S/C13H14N2O/c14-13(16)8-5-6-12-10(7-8)9-3-1-2-4-11(9)15-12/h5-7,9H,1-4H2,(H2,14,16). The number of rotatable bonds is 1. The van der Waals surface area contributed by atoms with Gasteiger partial charge in [-0.15, -0.1) is 0 Å². The van der Waals surface area contributed by atoms with Crippen LogP contribution in [0, 0.1) is 0 Å². The highest BCUT2D eigenvalue weighted by Gasteiger charge is 2.29. The van der Waals surface area contributed by atoms with Crippen LogP contribution in [0.2, 0.25) is 0 Å². The number of hydrogen-bond donors (Lipinski definition) is 1. The fraction of sp³-hybridized carbons (Fsp3) is 0.385. The van der Waals surface area contributed by atoms with Crippen molar-refractivity contribution in [2.75, 3.05) is 0 Å². The van der Waals surface area contributed by atoms with Crippen molar-refractivity contribution in [1.29, 1.82) is 0 Å². The molecule has 0 radical (unpaired) electrons. The molecular weight excluding hydrogens is 200 g/mol. The SMILES string of the molecule is NC(=O)c1ccc2c(c1)C1CCCCC1=N2. The van der Waals surface area contributed by atoms with E-state index >= 15 is 0 Å². The number of nitrogens with zero attached hydrogens (tertiary/aromatic N) is 1. The Kier molecular flexibility index (Phi) is 2.06. The largest absolute Gasteiger partial charge is 0.366 e. The Morgan fingerprint density at radius 2 is 2.25 bits per heavy atom. The van der Waals surface area contributed by atoms with E-state index in [1.54, 1.807) is 6.07 Å². The average molecular weight is 214 g/mol. The van der Waals surface area contributed by atoms with Crippen LogP contribution in [-0.4, -0.2) is 11.6 Å². The summed E-state index contributed by atoms with van der Waals surface area (Å²) in [4.78, 5) is 15.8. The predicted molar refractivity (Wildman–Crippen MR) is 63.3 cm³/mol. The number of aliphatic imine (C=N–C) groups is 1. The highest BCUT2D eigenvalue weighted by Crippen LogP contribution is 2.42. The van der Waals surface area contributed by atoms with E-state index in [2.05, 4.69) is 4.99 Å². The molecule has 1 aliphatic heterocycles. The molecule has 1 amide bonds. The third-order valence-corrected chi connectivity index (χ3v) is 3.53. The molecular formula is C13H14N2O. The Bertz CT molecular complexity index is 491. The van der Waals surface area contributed by atoms with Crippen LogP contribution in [0.1, 0.15) is 47.5 Å². The molecule has 0 aromatic heterocycles. The number of benzene rings is 1. The van der Waals surface area contributed by atoms with Gasteiger partial charge < -0.3 is 5.73 Å². The van der Waals surface area contributed by atoms with Crippen molar-refractivity contribution in [1.82, 2.24) is 0 Å². The molecule has 82 valence electrons. The quantitative estimate of drug-likeness (QED) is 0.767. The van der Waals surface area contributed by atoms with Gasteiger partial charge in [-0.2, -0.15) is 0 Å². The zero-order chi connectivity index (χ0) is 11.1. The normalized spacial score (nSPS) is 22.2. The lowest BCUT2D eigenvalue weighted by Crippen LogP contribution is -2.15. The molecule has 1 heterocycles. The molecule has 3 nitrogen and oxygen atoms in total. The summed E-state index contributed by atoms with van der Waals surface area (Å²) in [5, 5.41) is 0. The van der Waals surface area contributed by atoms with E-state index in [0.29, 0.717) is 11.5 Å². The van der Waals surface area contributed by atoms with Crippen molar-refractivity contribution in [2.45, 2.75) is 31.6 Å². The Labute approximate surface area is 94.4 Å². The van der Waals surface area contributed by atoms with E-state index in [-0.39, 0.29) is 5.91 Å². The number of primary amides is 1. The average Bonchev–Trinajstić information content (AvgIpc) is 2.66. The minimum atomic E-state index is -0.355. The monoisotopic (exact) mass is 214 g/mol. The van der Waals surface area contributed by atoms with E-state index in [9.17, 15) is 4.79 Å². The Morgan fingerprint density at radius 1 is 1.38 bits per heavy atom. The maximum atomic E-state index is 11.1. The van der Waals surface area contributed by atoms with Gasteiger partial charge >= 0.3 is 0 Å². The molecule has 1 fully saturated rings. The molecule has 1 atom stereocenters. The Hall–Kier alpha value is -1.64. The topological polar surface area (TPSA) is 55.5 Å².